The van der Waals surface area contributed by atoms with E-state index in [-0.39, 0.29) is 11.1 Å². The van der Waals surface area contributed by atoms with Gasteiger partial charge in [0.05, 0.1) is 0 Å². The van der Waals surface area contributed by atoms with Crippen molar-refractivity contribution in [2.75, 3.05) is 13.1 Å². The van der Waals surface area contributed by atoms with Crippen LogP contribution >= 0.6 is 0 Å². The van der Waals surface area contributed by atoms with Crippen molar-refractivity contribution >= 4 is 11.8 Å². The third kappa shape index (κ3) is 8.15. The first-order chi connectivity index (χ1) is 12.4. The largest absolute Gasteiger partial charge is 0.338 e. The number of hydrogen-bond acceptors (Lipinski definition) is 2. The summed E-state index contributed by atoms with van der Waals surface area (Å²) >= 11 is 0. The molecular formula is C23H38N2O2. The van der Waals surface area contributed by atoms with Crippen LogP contribution in [0.5, 0.6) is 0 Å². The molecule has 4 nitrogen and oxygen atoms in total. The molecule has 2 amide bonds. The molecule has 0 atom stereocenters. The van der Waals surface area contributed by atoms with E-state index in [0.717, 1.165) is 38.8 Å². The number of carbonyl (C=O) groups excluding carboxylic acids is 2. The van der Waals surface area contributed by atoms with E-state index in [9.17, 15) is 9.59 Å². The van der Waals surface area contributed by atoms with E-state index in [2.05, 4.69) is 60.6 Å². The highest BCUT2D eigenvalue weighted by atomic mass is 16.2. The van der Waals surface area contributed by atoms with Crippen molar-refractivity contribution in [3.63, 3.8) is 0 Å². The van der Waals surface area contributed by atoms with Crippen LogP contribution in [0.3, 0.4) is 0 Å². The lowest BCUT2D eigenvalue weighted by atomic mass is 10.1. The van der Waals surface area contributed by atoms with Gasteiger partial charge in [0, 0.05) is 37.0 Å². The Bertz CT molecular complexity index is 561. The third-order valence-corrected chi connectivity index (χ3v) is 4.71. The van der Waals surface area contributed by atoms with Crippen LogP contribution in [-0.4, -0.2) is 45.8 Å². The predicted molar refractivity (Wildman–Crippen MR) is 113 cm³/mol. The summed E-state index contributed by atoms with van der Waals surface area (Å²) in [6.07, 6.45) is 3.57. The maximum atomic E-state index is 11.1. The molecule has 1 aromatic rings. The maximum Gasteiger partial charge on any atom is 0.223 e. The summed E-state index contributed by atoms with van der Waals surface area (Å²) in [5, 5.41) is 0. The van der Waals surface area contributed by atoms with E-state index in [0.29, 0.717) is 11.8 Å². The highest BCUT2D eigenvalue weighted by Crippen LogP contribution is 2.21. The summed E-state index contributed by atoms with van der Waals surface area (Å²) < 4.78 is 0. The molecule has 0 bridgehead atoms. The first-order valence-electron chi connectivity index (χ1n) is 10.1. The molecule has 0 spiro atoms. The molecule has 1 aromatic carbocycles. The number of carbonyl (C=O) groups is 2. The molecule has 2 heterocycles. The molecule has 2 fully saturated rings. The number of nitrogens with zero attached hydrogens (tertiary/aromatic N) is 2. The Morgan fingerprint density at radius 2 is 1.07 bits per heavy atom. The average molecular weight is 375 g/mol. The van der Waals surface area contributed by atoms with Gasteiger partial charge in [0.2, 0.25) is 11.8 Å². The molecular weight excluding hydrogens is 336 g/mol. The van der Waals surface area contributed by atoms with E-state index in [1.807, 2.05) is 28.0 Å². The maximum absolute atomic E-state index is 11.1. The number of likely N-dealkylation sites (tertiary alicyclic amines) is 2. The lowest BCUT2D eigenvalue weighted by Crippen LogP contribution is -2.41. The summed E-state index contributed by atoms with van der Waals surface area (Å²) in [5.41, 5.74) is 1.39. The van der Waals surface area contributed by atoms with Gasteiger partial charge in [0.1, 0.15) is 0 Å². The average Bonchev–Trinajstić information content (AvgIpc) is 3.16. The minimum atomic E-state index is 0.0353. The summed E-state index contributed by atoms with van der Waals surface area (Å²) in [6, 6.07) is 10.3. The van der Waals surface area contributed by atoms with Gasteiger partial charge >= 0.3 is 0 Å². The predicted octanol–water partition coefficient (Wildman–Crippen LogP) is 4.81. The van der Waals surface area contributed by atoms with Gasteiger partial charge in [-0.1, -0.05) is 35.9 Å². The molecule has 0 aromatic heterocycles. The first-order valence-corrected chi connectivity index (χ1v) is 10.1. The van der Waals surface area contributed by atoms with Crippen LogP contribution in [0.2, 0.25) is 0 Å². The van der Waals surface area contributed by atoms with Gasteiger partial charge in [-0.15, -0.1) is 0 Å². The monoisotopic (exact) mass is 374 g/mol. The zero-order valence-corrected chi connectivity index (χ0v) is 18.3. The van der Waals surface area contributed by atoms with Gasteiger partial charge in [0.15, 0.2) is 0 Å². The number of rotatable bonds is 0. The molecule has 0 N–H and O–H groups in total. The second-order valence-electron chi connectivity index (χ2n) is 9.29. The quantitative estimate of drug-likeness (QED) is 0.654. The topological polar surface area (TPSA) is 40.6 Å². The molecule has 27 heavy (non-hydrogen) atoms. The van der Waals surface area contributed by atoms with Crippen molar-refractivity contribution < 1.29 is 9.59 Å². The van der Waals surface area contributed by atoms with Crippen LogP contribution in [0.25, 0.3) is 0 Å². The van der Waals surface area contributed by atoms with E-state index in [1.165, 1.54) is 5.56 Å². The van der Waals surface area contributed by atoms with Crippen molar-refractivity contribution in [3.8, 4) is 0 Å². The van der Waals surface area contributed by atoms with Gasteiger partial charge in [-0.05, 0) is 61.3 Å². The molecule has 2 aliphatic rings. The lowest BCUT2D eigenvalue weighted by Gasteiger charge is -2.31. The Morgan fingerprint density at radius 3 is 1.22 bits per heavy atom. The van der Waals surface area contributed by atoms with E-state index in [4.69, 9.17) is 0 Å². The fourth-order valence-electron chi connectivity index (χ4n) is 3.25. The Balaban J connectivity index is 0.000000206. The van der Waals surface area contributed by atoms with Gasteiger partial charge in [0.25, 0.3) is 0 Å². The van der Waals surface area contributed by atoms with Gasteiger partial charge in [-0.2, -0.15) is 0 Å². The molecule has 0 unspecified atom stereocenters. The van der Waals surface area contributed by atoms with E-state index >= 15 is 0 Å². The number of amides is 2. The Labute approximate surface area is 165 Å². The second kappa shape index (κ2) is 9.91. The SMILES string of the molecule is CC(C)(C)N1CCCC1=O.CC(C)(C)N1CCCC1=O.Cc1ccccc1. The summed E-state index contributed by atoms with van der Waals surface area (Å²) in [6.45, 7) is 16.5. The summed E-state index contributed by atoms with van der Waals surface area (Å²) in [4.78, 5) is 26.2. The molecule has 4 heteroatoms. The summed E-state index contributed by atoms with van der Waals surface area (Å²) in [7, 11) is 0. The molecule has 0 saturated carbocycles. The number of benzene rings is 1. The number of aryl methyl sites for hydroxylation is 1. The molecule has 3 rings (SSSR count). The Morgan fingerprint density at radius 1 is 0.704 bits per heavy atom. The van der Waals surface area contributed by atoms with Crippen LogP contribution in [-0.2, 0) is 9.59 Å². The van der Waals surface area contributed by atoms with Gasteiger partial charge < -0.3 is 9.80 Å². The van der Waals surface area contributed by atoms with Crippen molar-refractivity contribution in [2.45, 2.75) is 85.2 Å². The lowest BCUT2D eigenvalue weighted by molar-refractivity contribution is -0.132. The fourth-order valence-corrected chi connectivity index (χ4v) is 3.25. The van der Waals surface area contributed by atoms with Crippen LogP contribution in [0.15, 0.2) is 30.3 Å². The fraction of sp³-hybridized carbons (Fsp3) is 0.652. The molecule has 2 aliphatic heterocycles. The standard InChI is InChI=1S/2C8H15NO.C7H8/c2*1-8(2,3)9-6-4-5-7(9)10;1-7-5-3-2-4-6-7/h2*4-6H2,1-3H3;2-6H,1H3. The zero-order valence-electron chi connectivity index (χ0n) is 18.3. The normalized spacial score (nSPS) is 17.3. The van der Waals surface area contributed by atoms with Crippen molar-refractivity contribution in [1.29, 1.82) is 0 Å². The zero-order chi connectivity index (χ0) is 20.7. The smallest absolute Gasteiger partial charge is 0.223 e. The first kappa shape index (κ1) is 23.2. The Kier molecular flexibility index (Phi) is 8.52. The second-order valence-corrected chi connectivity index (χ2v) is 9.29. The van der Waals surface area contributed by atoms with E-state index in [1.54, 1.807) is 0 Å². The molecule has 2 saturated heterocycles. The van der Waals surface area contributed by atoms with Crippen molar-refractivity contribution in [3.05, 3.63) is 35.9 Å². The molecule has 0 radical (unpaired) electrons. The van der Waals surface area contributed by atoms with Gasteiger partial charge in [-0.25, -0.2) is 0 Å². The Hall–Kier alpha value is -1.84. The van der Waals surface area contributed by atoms with E-state index < -0.39 is 0 Å². The highest BCUT2D eigenvalue weighted by Gasteiger charge is 2.30. The van der Waals surface area contributed by atoms with Crippen LogP contribution < -0.4 is 0 Å². The summed E-state index contributed by atoms with van der Waals surface area (Å²) in [5.74, 6) is 0.625. The molecule has 0 aliphatic carbocycles. The van der Waals surface area contributed by atoms with Crippen molar-refractivity contribution in [2.24, 2.45) is 0 Å². The third-order valence-electron chi connectivity index (χ3n) is 4.71. The van der Waals surface area contributed by atoms with Crippen LogP contribution in [0, 0.1) is 6.92 Å². The minimum absolute atomic E-state index is 0.0353. The van der Waals surface area contributed by atoms with Crippen molar-refractivity contribution in [1.82, 2.24) is 9.80 Å². The molecule has 152 valence electrons. The number of hydrogen-bond donors (Lipinski definition) is 0. The van der Waals surface area contributed by atoms with Crippen LogP contribution in [0.1, 0.15) is 72.8 Å². The minimum Gasteiger partial charge on any atom is -0.338 e. The van der Waals surface area contributed by atoms with Gasteiger partial charge in [-0.3, -0.25) is 9.59 Å². The van der Waals surface area contributed by atoms with Crippen LogP contribution in [0.4, 0.5) is 0 Å². The highest BCUT2D eigenvalue weighted by molar-refractivity contribution is 5.79.